The summed E-state index contributed by atoms with van der Waals surface area (Å²) in [7, 11) is 0. The van der Waals surface area contributed by atoms with Gasteiger partial charge in [-0.15, -0.1) is 0 Å². The summed E-state index contributed by atoms with van der Waals surface area (Å²) in [5.74, 6) is -0.0589. The summed E-state index contributed by atoms with van der Waals surface area (Å²) < 4.78 is 4.96. The molecule has 2 aromatic rings. The van der Waals surface area contributed by atoms with Crippen molar-refractivity contribution in [1.29, 1.82) is 0 Å². The van der Waals surface area contributed by atoms with Crippen LogP contribution < -0.4 is 10.6 Å². The molecule has 0 aliphatic rings. The minimum Gasteiger partial charge on any atom is -0.459 e. The Morgan fingerprint density at radius 1 is 1.14 bits per heavy atom. The van der Waals surface area contributed by atoms with Crippen molar-refractivity contribution >= 4 is 11.8 Å². The fourth-order valence-corrected chi connectivity index (χ4v) is 1.73. The SMILES string of the molecule is O=C(CCCNC(=O)c1ccco1)NCc1ccccn1. The maximum absolute atomic E-state index is 11.6. The van der Waals surface area contributed by atoms with Crippen molar-refractivity contribution in [3.8, 4) is 0 Å². The van der Waals surface area contributed by atoms with Crippen molar-refractivity contribution in [2.75, 3.05) is 6.54 Å². The minimum absolute atomic E-state index is 0.0621. The predicted molar refractivity (Wildman–Crippen MR) is 76.4 cm³/mol. The van der Waals surface area contributed by atoms with Gasteiger partial charge in [-0.05, 0) is 30.7 Å². The van der Waals surface area contributed by atoms with Crippen molar-refractivity contribution in [2.24, 2.45) is 0 Å². The van der Waals surface area contributed by atoms with Crippen molar-refractivity contribution in [3.63, 3.8) is 0 Å². The second-order valence-corrected chi connectivity index (χ2v) is 4.43. The molecular weight excluding hydrogens is 270 g/mol. The average Bonchev–Trinajstić information content (AvgIpc) is 3.05. The minimum atomic E-state index is -0.270. The topological polar surface area (TPSA) is 84.2 Å². The van der Waals surface area contributed by atoms with Gasteiger partial charge in [0.2, 0.25) is 5.91 Å². The van der Waals surface area contributed by atoms with E-state index < -0.39 is 0 Å². The van der Waals surface area contributed by atoms with Gasteiger partial charge in [-0.1, -0.05) is 6.07 Å². The molecule has 0 saturated heterocycles. The molecule has 0 saturated carbocycles. The van der Waals surface area contributed by atoms with Crippen LogP contribution in [0.15, 0.2) is 47.2 Å². The van der Waals surface area contributed by atoms with Gasteiger partial charge in [0.1, 0.15) is 0 Å². The molecule has 6 heteroatoms. The van der Waals surface area contributed by atoms with Crippen LogP contribution in [0.5, 0.6) is 0 Å². The third-order valence-electron chi connectivity index (χ3n) is 2.80. The fourth-order valence-electron chi connectivity index (χ4n) is 1.73. The molecule has 0 radical (unpaired) electrons. The van der Waals surface area contributed by atoms with Gasteiger partial charge >= 0.3 is 0 Å². The number of carbonyl (C=O) groups excluding carboxylic acids is 2. The molecule has 6 nitrogen and oxygen atoms in total. The number of aromatic nitrogens is 1. The maximum atomic E-state index is 11.6. The highest BCUT2D eigenvalue weighted by molar-refractivity contribution is 5.91. The van der Waals surface area contributed by atoms with Gasteiger partial charge in [0.25, 0.3) is 5.91 Å². The molecule has 21 heavy (non-hydrogen) atoms. The van der Waals surface area contributed by atoms with Crippen LogP contribution in [0.3, 0.4) is 0 Å². The highest BCUT2D eigenvalue weighted by atomic mass is 16.3. The Kier molecular flexibility index (Phi) is 5.51. The number of pyridine rings is 1. The first-order valence-electron chi connectivity index (χ1n) is 6.74. The molecule has 0 bridgehead atoms. The van der Waals surface area contributed by atoms with Crippen molar-refractivity contribution < 1.29 is 14.0 Å². The highest BCUT2D eigenvalue weighted by Gasteiger charge is 2.07. The Morgan fingerprint density at radius 2 is 2.05 bits per heavy atom. The molecule has 0 spiro atoms. The summed E-state index contributed by atoms with van der Waals surface area (Å²) in [5, 5.41) is 5.47. The number of hydrogen-bond acceptors (Lipinski definition) is 4. The van der Waals surface area contributed by atoms with E-state index in [1.165, 1.54) is 6.26 Å². The Labute approximate surface area is 122 Å². The van der Waals surface area contributed by atoms with Crippen LogP contribution in [0.2, 0.25) is 0 Å². The third-order valence-corrected chi connectivity index (χ3v) is 2.80. The molecule has 2 N–H and O–H groups in total. The number of rotatable bonds is 7. The quantitative estimate of drug-likeness (QED) is 0.756. The number of hydrogen-bond donors (Lipinski definition) is 2. The van der Waals surface area contributed by atoms with Gasteiger partial charge in [-0.3, -0.25) is 14.6 Å². The zero-order chi connectivity index (χ0) is 14.9. The van der Waals surface area contributed by atoms with Gasteiger partial charge in [0.05, 0.1) is 18.5 Å². The predicted octanol–water partition coefficient (Wildman–Crippen LogP) is 1.50. The first-order valence-corrected chi connectivity index (χ1v) is 6.74. The summed E-state index contributed by atoms with van der Waals surface area (Å²) >= 11 is 0. The van der Waals surface area contributed by atoms with E-state index in [1.807, 2.05) is 18.2 Å². The van der Waals surface area contributed by atoms with Crippen molar-refractivity contribution in [1.82, 2.24) is 15.6 Å². The Hall–Kier alpha value is -2.63. The molecule has 2 rings (SSSR count). The van der Waals surface area contributed by atoms with Gasteiger partial charge in [0, 0.05) is 19.2 Å². The lowest BCUT2D eigenvalue weighted by Crippen LogP contribution is -2.27. The zero-order valence-electron chi connectivity index (χ0n) is 11.5. The number of nitrogens with one attached hydrogen (secondary N) is 2. The highest BCUT2D eigenvalue weighted by Crippen LogP contribution is 1.99. The third kappa shape index (κ3) is 5.10. The molecule has 0 atom stereocenters. The van der Waals surface area contributed by atoms with Gasteiger partial charge in [0.15, 0.2) is 5.76 Å². The number of amides is 2. The standard InChI is InChI=1S/C15H17N3O3/c19-14(18-11-12-5-1-2-8-16-12)7-3-9-17-15(20)13-6-4-10-21-13/h1-2,4-6,8,10H,3,7,9,11H2,(H,17,20)(H,18,19). The Morgan fingerprint density at radius 3 is 2.76 bits per heavy atom. The molecular formula is C15H17N3O3. The maximum Gasteiger partial charge on any atom is 0.286 e. The average molecular weight is 287 g/mol. The molecule has 0 unspecified atom stereocenters. The van der Waals surface area contributed by atoms with Crippen LogP contribution in [0.4, 0.5) is 0 Å². The molecule has 0 aliphatic carbocycles. The van der Waals surface area contributed by atoms with E-state index in [-0.39, 0.29) is 17.6 Å². The number of furan rings is 1. The Balaban J connectivity index is 1.58. The van der Waals surface area contributed by atoms with E-state index >= 15 is 0 Å². The second-order valence-electron chi connectivity index (χ2n) is 4.43. The van der Waals surface area contributed by atoms with Gasteiger partial charge in [-0.25, -0.2) is 0 Å². The summed E-state index contributed by atoms with van der Waals surface area (Å²) in [6.45, 7) is 0.842. The first kappa shape index (κ1) is 14.8. The molecule has 0 aromatic carbocycles. The molecule has 0 fully saturated rings. The van der Waals surface area contributed by atoms with Crippen LogP contribution in [0.25, 0.3) is 0 Å². The van der Waals surface area contributed by atoms with Crippen LogP contribution in [0, 0.1) is 0 Å². The second kappa shape index (κ2) is 7.84. The number of nitrogens with zero attached hydrogens (tertiary/aromatic N) is 1. The summed E-state index contributed by atoms with van der Waals surface area (Å²) in [6, 6.07) is 8.80. The first-order chi connectivity index (χ1) is 10.3. The lowest BCUT2D eigenvalue weighted by molar-refractivity contribution is -0.121. The Bertz CT molecular complexity index is 567. The lowest BCUT2D eigenvalue weighted by atomic mass is 10.2. The van der Waals surface area contributed by atoms with Gasteiger partial charge in [-0.2, -0.15) is 0 Å². The zero-order valence-corrected chi connectivity index (χ0v) is 11.5. The van der Waals surface area contributed by atoms with Crippen molar-refractivity contribution in [2.45, 2.75) is 19.4 Å². The van der Waals surface area contributed by atoms with Gasteiger partial charge < -0.3 is 15.1 Å². The van der Waals surface area contributed by atoms with E-state index in [1.54, 1.807) is 18.3 Å². The summed E-state index contributed by atoms with van der Waals surface area (Å²) in [4.78, 5) is 27.3. The normalized spacial score (nSPS) is 10.1. The van der Waals surface area contributed by atoms with Crippen LogP contribution in [-0.4, -0.2) is 23.3 Å². The smallest absolute Gasteiger partial charge is 0.286 e. The van der Waals surface area contributed by atoms with E-state index in [4.69, 9.17) is 4.42 Å². The molecule has 110 valence electrons. The molecule has 2 aromatic heterocycles. The van der Waals surface area contributed by atoms with E-state index in [9.17, 15) is 9.59 Å². The molecule has 2 heterocycles. The molecule has 2 amide bonds. The van der Waals surface area contributed by atoms with Crippen LogP contribution in [-0.2, 0) is 11.3 Å². The van der Waals surface area contributed by atoms with Crippen LogP contribution >= 0.6 is 0 Å². The van der Waals surface area contributed by atoms with E-state index in [0.717, 1.165) is 5.69 Å². The monoisotopic (exact) mass is 287 g/mol. The fraction of sp³-hybridized carbons (Fsp3) is 0.267. The summed E-state index contributed by atoms with van der Waals surface area (Å²) in [5.41, 5.74) is 0.817. The summed E-state index contributed by atoms with van der Waals surface area (Å²) in [6.07, 6.45) is 4.05. The van der Waals surface area contributed by atoms with E-state index in [0.29, 0.717) is 25.9 Å². The lowest BCUT2D eigenvalue weighted by Gasteiger charge is -2.05. The van der Waals surface area contributed by atoms with Crippen LogP contribution in [0.1, 0.15) is 29.1 Å². The number of carbonyl (C=O) groups is 2. The molecule has 0 aliphatic heterocycles. The van der Waals surface area contributed by atoms with E-state index in [2.05, 4.69) is 15.6 Å². The largest absolute Gasteiger partial charge is 0.459 e. The van der Waals surface area contributed by atoms with Crippen molar-refractivity contribution in [3.05, 3.63) is 54.2 Å².